The number of likely N-dealkylation sites (N-methyl/N-ethyl adjacent to an activating group) is 1. The zero-order chi connectivity index (χ0) is 8.10. The van der Waals surface area contributed by atoms with E-state index in [-0.39, 0.29) is 0 Å². The van der Waals surface area contributed by atoms with Gasteiger partial charge in [0.2, 0.25) is 0 Å². The van der Waals surface area contributed by atoms with Gasteiger partial charge in [-0.15, -0.1) is 0 Å². The van der Waals surface area contributed by atoms with Gasteiger partial charge in [-0.2, -0.15) is 0 Å². The molecule has 0 aliphatic carbocycles. The zero-order valence-corrected chi connectivity index (χ0v) is 7.47. The molecule has 0 saturated carbocycles. The average Bonchev–Trinajstić information content (AvgIpc) is 2.06. The van der Waals surface area contributed by atoms with E-state index in [0.29, 0.717) is 6.10 Å². The number of hydrogen-bond acceptors (Lipinski definition) is 3. The number of likely N-dealkylation sites (tertiary alicyclic amines) is 1. The van der Waals surface area contributed by atoms with Gasteiger partial charge in [0.25, 0.3) is 0 Å². The molecular formula is C8H18N2O. The maximum absolute atomic E-state index is 5.32. The average molecular weight is 158 g/mol. The zero-order valence-electron chi connectivity index (χ0n) is 7.47. The van der Waals surface area contributed by atoms with Crippen LogP contribution in [0.15, 0.2) is 0 Å². The Bertz CT molecular complexity index is 106. The van der Waals surface area contributed by atoms with Crippen LogP contribution in [0.3, 0.4) is 0 Å². The maximum atomic E-state index is 5.32. The Morgan fingerprint density at radius 2 is 2.45 bits per heavy atom. The summed E-state index contributed by atoms with van der Waals surface area (Å²) in [5.41, 5.74) is 2.76. The molecule has 1 fully saturated rings. The molecule has 1 rings (SSSR count). The first-order valence-corrected chi connectivity index (χ1v) is 4.41. The molecule has 1 N–H and O–H groups in total. The van der Waals surface area contributed by atoms with Gasteiger partial charge in [0.1, 0.15) is 0 Å². The van der Waals surface area contributed by atoms with Crippen LogP contribution in [0.4, 0.5) is 0 Å². The minimum Gasteiger partial charge on any atom is -0.301 e. The van der Waals surface area contributed by atoms with E-state index in [1.165, 1.54) is 19.4 Å². The molecule has 1 saturated heterocycles. The normalized spacial score (nSPS) is 27.3. The molecule has 0 radical (unpaired) electrons. The molecule has 66 valence electrons. The first-order chi connectivity index (χ1) is 5.36. The highest BCUT2D eigenvalue weighted by Crippen LogP contribution is 2.11. The van der Waals surface area contributed by atoms with Crippen molar-refractivity contribution >= 4 is 0 Å². The topological polar surface area (TPSA) is 24.5 Å². The molecule has 0 amide bonds. The third-order valence-electron chi connectivity index (χ3n) is 2.19. The summed E-state index contributed by atoms with van der Waals surface area (Å²) >= 11 is 0. The minimum atomic E-state index is 0.397. The van der Waals surface area contributed by atoms with Crippen molar-refractivity contribution < 1.29 is 4.84 Å². The van der Waals surface area contributed by atoms with E-state index in [1.54, 1.807) is 0 Å². The molecule has 3 heteroatoms. The second kappa shape index (κ2) is 4.70. The second-order valence-electron chi connectivity index (χ2n) is 2.98. The fourth-order valence-electron chi connectivity index (χ4n) is 1.56. The van der Waals surface area contributed by atoms with Crippen LogP contribution in [0, 0.1) is 0 Å². The van der Waals surface area contributed by atoms with Crippen LogP contribution in [0.2, 0.25) is 0 Å². The van der Waals surface area contributed by atoms with Crippen molar-refractivity contribution in [3.63, 3.8) is 0 Å². The lowest BCUT2D eigenvalue weighted by molar-refractivity contribution is -0.0481. The molecule has 3 nitrogen and oxygen atoms in total. The fourth-order valence-corrected chi connectivity index (χ4v) is 1.56. The van der Waals surface area contributed by atoms with Crippen molar-refractivity contribution in [3.05, 3.63) is 0 Å². The van der Waals surface area contributed by atoms with Gasteiger partial charge in [-0.3, -0.25) is 4.84 Å². The maximum Gasteiger partial charge on any atom is 0.0917 e. The summed E-state index contributed by atoms with van der Waals surface area (Å²) in [4.78, 5) is 7.75. The molecular weight excluding hydrogens is 140 g/mol. The van der Waals surface area contributed by atoms with E-state index < -0.39 is 0 Å². The Balaban J connectivity index is 2.21. The predicted molar refractivity (Wildman–Crippen MR) is 45.3 cm³/mol. The molecule has 0 aromatic carbocycles. The molecule has 0 aromatic heterocycles. The summed E-state index contributed by atoms with van der Waals surface area (Å²) in [6, 6.07) is 0. The van der Waals surface area contributed by atoms with Crippen molar-refractivity contribution in [2.45, 2.75) is 25.9 Å². The van der Waals surface area contributed by atoms with Crippen molar-refractivity contribution in [1.82, 2.24) is 10.4 Å². The molecule has 1 aliphatic heterocycles. The quantitative estimate of drug-likeness (QED) is 0.609. The summed E-state index contributed by atoms with van der Waals surface area (Å²) in [5, 5.41) is 0. The minimum absolute atomic E-state index is 0.397. The van der Waals surface area contributed by atoms with Crippen LogP contribution in [0.5, 0.6) is 0 Å². The van der Waals surface area contributed by atoms with Gasteiger partial charge in [0.05, 0.1) is 6.10 Å². The first kappa shape index (κ1) is 8.97. The van der Waals surface area contributed by atoms with Crippen molar-refractivity contribution in [3.8, 4) is 0 Å². The Kier molecular flexibility index (Phi) is 3.83. The molecule has 1 unspecified atom stereocenters. The van der Waals surface area contributed by atoms with Crippen molar-refractivity contribution in [2.24, 2.45) is 0 Å². The van der Waals surface area contributed by atoms with Gasteiger partial charge >= 0.3 is 0 Å². The Labute approximate surface area is 68.7 Å². The highest BCUT2D eigenvalue weighted by Gasteiger charge is 2.18. The lowest BCUT2D eigenvalue weighted by Crippen LogP contribution is -2.41. The van der Waals surface area contributed by atoms with E-state index in [4.69, 9.17) is 4.84 Å². The Hall–Kier alpha value is -0.120. The first-order valence-electron chi connectivity index (χ1n) is 4.41. The van der Waals surface area contributed by atoms with Crippen LogP contribution < -0.4 is 5.48 Å². The number of nitrogens with one attached hydrogen (secondary N) is 1. The highest BCUT2D eigenvalue weighted by atomic mass is 16.7. The van der Waals surface area contributed by atoms with Crippen molar-refractivity contribution in [2.75, 3.05) is 26.7 Å². The summed E-state index contributed by atoms with van der Waals surface area (Å²) in [6.07, 6.45) is 2.85. The van der Waals surface area contributed by atoms with Crippen LogP contribution >= 0.6 is 0 Å². The molecule has 1 atom stereocenters. The van der Waals surface area contributed by atoms with Gasteiger partial charge < -0.3 is 4.90 Å². The van der Waals surface area contributed by atoms with E-state index >= 15 is 0 Å². The number of hydroxylamine groups is 1. The fraction of sp³-hybridized carbons (Fsp3) is 1.00. The monoisotopic (exact) mass is 158 g/mol. The Morgan fingerprint density at radius 1 is 1.64 bits per heavy atom. The SMILES string of the molecule is CCN1CCCC(ONC)C1. The molecule has 1 aliphatic rings. The van der Waals surface area contributed by atoms with E-state index in [2.05, 4.69) is 17.3 Å². The number of rotatable bonds is 3. The Morgan fingerprint density at radius 3 is 3.09 bits per heavy atom. The van der Waals surface area contributed by atoms with Crippen LogP contribution in [-0.4, -0.2) is 37.7 Å². The summed E-state index contributed by atoms with van der Waals surface area (Å²) in [7, 11) is 1.82. The predicted octanol–water partition coefficient (Wildman–Crippen LogP) is 0.622. The van der Waals surface area contributed by atoms with Gasteiger partial charge in [-0.05, 0) is 25.9 Å². The number of nitrogens with zero attached hydrogens (tertiary/aromatic N) is 1. The molecule has 0 spiro atoms. The highest BCUT2D eigenvalue weighted by molar-refractivity contribution is 4.71. The van der Waals surface area contributed by atoms with Gasteiger partial charge in [-0.1, -0.05) is 6.92 Å². The largest absolute Gasteiger partial charge is 0.301 e. The third-order valence-corrected chi connectivity index (χ3v) is 2.19. The number of hydrogen-bond donors (Lipinski definition) is 1. The van der Waals surface area contributed by atoms with Crippen molar-refractivity contribution in [1.29, 1.82) is 0 Å². The molecule has 11 heavy (non-hydrogen) atoms. The van der Waals surface area contributed by atoms with E-state index in [0.717, 1.165) is 13.1 Å². The van der Waals surface area contributed by atoms with Crippen LogP contribution in [-0.2, 0) is 4.84 Å². The lowest BCUT2D eigenvalue weighted by atomic mass is 10.1. The lowest BCUT2D eigenvalue weighted by Gasteiger charge is -2.30. The van der Waals surface area contributed by atoms with Crippen LogP contribution in [0.25, 0.3) is 0 Å². The van der Waals surface area contributed by atoms with E-state index in [1.807, 2.05) is 7.05 Å². The van der Waals surface area contributed by atoms with Gasteiger partial charge in [-0.25, -0.2) is 5.48 Å². The second-order valence-corrected chi connectivity index (χ2v) is 2.98. The number of piperidine rings is 1. The van der Waals surface area contributed by atoms with Gasteiger partial charge in [0.15, 0.2) is 0 Å². The molecule has 1 heterocycles. The summed E-state index contributed by atoms with van der Waals surface area (Å²) in [5.74, 6) is 0. The summed E-state index contributed by atoms with van der Waals surface area (Å²) < 4.78 is 0. The third kappa shape index (κ3) is 2.77. The standard InChI is InChI=1S/C8H18N2O/c1-3-10-6-4-5-8(7-10)11-9-2/h8-9H,3-7H2,1-2H3. The summed E-state index contributed by atoms with van der Waals surface area (Å²) in [6.45, 7) is 5.66. The van der Waals surface area contributed by atoms with Gasteiger partial charge in [0, 0.05) is 13.6 Å². The smallest absolute Gasteiger partial charge is 0.0917 e. The van der Waals surface area contributed by atoms with E-state index in [9.17, 15) is 0 Å². The molecule has 0 bridgehead atoms. The van der Waals surface area contributed by atoms with Crippen LogP contribution in [0.1, 0.15) is 19.8 Å². The molecule has 0 aromatic rings.